The summed E-state index contributed by atoms with van der Waals surface area (Å²) in [6.07, 6.45) is 4.97. The molecule has 0 unspecified atom stereocenters. The zero-order valence-corrected chi connectivity index (χ0v) is 9.80. The average molecular weight is 232 g/mol. The van der Waals surface area contributed by atoms with Gasteiger partial charge in [0.05, 0.1) is 5.52 Å². The van der Waals surface area contributed by atoms with Crippen LogP contribution in [0.2, 0.25) is 0 Å². The Balaban J connectivity index is 1.86. The highest BCUT2D eigenvalue weighted by Gasteiger charge is 2.16. The highest BCUT2D eigenvalue weighted by molar-refractivity contribution is 5.80. The second kappa shape index (κ2) is 4.49. The first-order valence-corrected chi connectivity index (χ1v) is 6.30. The fraction of sp³-hybridized carbons (Fsp3) is 0.429. The molecule has 0 aliphatic carbocycles. The number of piperidine rings is 1. The van der Waals surface area contributed by atoms with Gasteiger partial charge < -0.3 is 10.3 Å². The fourth-order valence-corrected chi connectivity index (χ4v) is 2.69. The fourth-order valence-electron chi connectivity index (χ4n) is 2.69. The summed E-state index contributed by atoms with van der Waals surface area (Å²) in [5.41, 5.74) is 1.50. The third kappa shape index (κ3) is 2.07. The van der Waals surface area contributed by atoms with Crippen LogP contribution in [0.3, 0.4) is 0 Å². The molecule has 17 heavy (non-hydrogen) atoms. The minimum atomic E-state index is -0.0639. The van der Waals surface area contributed by atoms with E-state index in [1.165, 1.54) is 0 Å². The van der Waals surface area contributed by atoms with E-state index in [1.807, 2.05) is 18.2 Å². The Kier molecular flexibility index (Phi) is 2.85. The van der Waals surface area contributed by atoms with E-state index in [0.717, 1.165) is 43.3 Å². The molecule has 3 rings (SSSR count). The monoisotopic (exact) mass is 232 g/mol. The highest BCUT2D eigenvalue weighted by atomic mass is 19.1. The minimum Gasteiger partial charge on any atom is -0.359 e. The lowest BCUT2D eigenvalue weighted by Gasteiger charge is -2.22. The van der Waals surface area contributed by atoms with Gasteiger partial charge in [0.15, 0.2) is 0 Å². The lowest BCUT2D eigenvalue weighted by molar-refractivity contribution is 0.369. The van der Waals surface area contributed by atoms with Crippen LogP contribution in [0.1, 0.15) is 18.4 Å². The normalized spacial score (nSPS) is 17.7. The zero-order valence-electron chi connectivity index (χ0n) is 9.80. The van der Waals surface area contributed by atoms with Crippen LogP contribution in [0.15, 0.2) is 24.4 Å². The molecular formula is C14H17FN2. The number of halogens is 1. The van der Waals surface area contributed by atoms with E-state index in [1.54, 1.807) is 6.20 Å². The maximum atomic E-state index is 14.2. The molecule has 1 aliphatic heterocycles. The number of aromatic amines is 1. The van der Waals surface area contributed by atoms with Gasteiger partial charge in [0.25, 0.3) is 0 Å². The van der Waals surface area contributed by atoms with Gasteiger partial charge in [-0.05, 0) is 49.9 Å². The number of benzene rings is 1. The molecule has 0 atom stereocenters. The summed E-state index contributed by atoms with van der Waals surface area (Å²) in [4.78, 5) is 2.98. The van der Waals surface area contributed by atoms with Crippen LogP contribution in [0.5, 0.6) is 0 Å². The van der Waals surface area contributed by atoms with Crippen LogP contribution in [-0.4, -0.2) is 18.1 Å². The second-order valence-corrected chi connectivity index (χ2v) is 4.88. The smallest absolute Gasteiger partial charge is 0.150 e. The van der Waals surface area contributed by atoms with Crippen LogP contribution in [0.4, 0.5) is 4.39 Å². The molecule has 0 amide bonds. The van der Waals surface area contributed by atoms with Crippen molar-refractivity contribution in [2.45, 2.75) is 19.3 Å². The molecule has 2 aromatic rings. The predicted octanol–water partition coefficient (Wildman–Crippen LogP) is 2.85. The van der Waals surface area contributed by atoms with Crippen LogP contribution in [0, 0.1) is 11.7 Å². The van der Waals surface area contributed by atoms with E-state index < -0.39 is 0 Å². The van der Waals surface area contributed by atoms with Crippen molar-refractivity contribution in [3.63, 3.8) is 0 Å². The third-order valence-electron chi connectivity index (χ3n) is 3.71. The van der Waals surface area contributed by atoms with Crippen LogP contribution in [-0.2, 0) is 6.42 Å². The zero-order chi connectivity index (χ0) is 11.7. The molecule has 0 saturated carbocycles. The van der Waals surface area contributed by atoms with Crippen LogP contribution >= 0.6 is 0 Å². The van der Waals surface area contributed by atoms with Crippen molar-refractivity contribution in [2.75, 3.05) is 13.1 Å². The van der Waals surface area contributed by atoms with E-state index in [2.05, 4.69) is 10.3 Å². The Morgan fingerprint density at radius 3 is 2.82 bits per heavy atom. The molecule has 3 heteroatoms. The number of fused-ring (bicyclic) bond motifs is 1. The lowest BCUT2D eigenvalue weighted by atomic mass is 9.90. The first kappa shape index (κ1) is 10.8. The van der Waals surface area contributed by atoms with Crippen molar-refractivity contribution >= 4 is 10.9 Å². The molecule has 2 heterocycles. The number of hydrogen-bond donors (Lipinski definition) is 2. The van der Waals surface area contributed by atoms with Crippen molar-refractivity contribution in [1.82, 2.24) is 10.3 Å². The van der Waals surface area contributed by atoms with Gasteiger partial charge in [-0.15, -0.1) is 0 Å². The summed E-state index contributed by atoms with van der Waals surface area (Å²) in [6, 6.07) is 5.85. The maximum Gasteiger partial charge on any atom is 0.150 e. The number of rotatable bonds is 2. The molecule has 1 aromatic carbocycles. The van der Waals surface area contributed by atoms with Crippen molar-refractivity contribution in [3.05, 3.63) is 35.8 Å². The molecule has 1 aromatic heterocycles. The number of aromatic nitrogens is 1. The van der Waals surface area contributed by atoms with Gasteiger partial charge >= 0.3 is 0 Å². The largest absolute Gasteiger partial charge is 0.359 e. The summed E-state index contributed by atoms with van der Waals surface area (Å²) in [5.74, 6) is 0.559. The van der Waals surface area contributed by atoms with E-state index in [0.29, 0.717) is 11.4 Å². The Labute approximate surface area is 100 Å². The first-order chi connectivity index (χ1) is 8.34. The number of nitrogens with one attached hydrogen (secondary N) is 2. The number of H-pyrrole nitrogens is 1. The molecule has 2 N–H and O–H groups in total. The van der Waals surface area contributed by atoms with Crippen molar-refractivity contribution in [3.8, 4) is 0 Å². The Hall–Kier alpha value is -1.35. The van der Waals surface area contributed by atoms with Crippen molar-refractivity contribution in [1.29, 1.82) is 0 Å². The predicted molar refractivity (Wildman–Crippen MR) is 67.6 cm³/mol. The van der Waals surface area contributed by atoms with E-state index in [-0.39, 0.29) is 5.82 Å². The summed E-state index contributed by atoms with van der Waals surface area (Å²) in [6.45, 7) is 2.13. The van der Waals surface area contributed by atoms with Gasteiger partial charge in [-0.25, -0.2) is 4.39 Å². The van der Waals surface area contributed by atoms with Gasteiger partial charge in [-0.3, -0.25) is 0 Å². The van der Waals surface area contributed by atoms with E-state index in [9.17, 15) is 4.39 Å². The lowest BCUT2D eigenvalue weighted by Crippen LogP contribution is -2.28. The summed E-state index contributed by atoms with van der Waals surface area (Å²) >= 11 is 0. The molecule has 0 spiro atoms. The summed E-state index contributed by atoms with van der Waals surface area (Å²) in [7, 11) is 0. The Morgan fingerprint density at radius 2 is 2.00 bits per heavy atom. The highest BCUT2D eigenvalue weighted by Crippen LogP contribution is 2.24. The number of hydrogen-bond acceptors (Lipinski definition) is 1. The third-order valence-corrected chi connectivity index (χ3v) is 3.71. The Morgan fingerprint density at radius 1 is 1.18 bits per heavy atom. The maximum absolute atomic E-state index is 14.2. The quantitative estimate of drug-likeness (QED) is 0.818. The molecule has 2 nitrogen and oxygen atoms in total. The second-order valence-electron chi connectivity index (χ2n) is 4.88. The van der Waals surface area contributed by atoms with Crippen LogP contribution < -0.4 is 5.32 Å². The van der Waals surface area contributed by atoms with E-state index in [4.69, 9.17) is 0 Å². The van der Waals surface area contributed by atoms with Crippen molar-refractivity contribution in [2.24, 2.45) is 5.92 Å². The molecule has 1 saturated heterocycles. The van der Waals surface area contributed by atoms with E-state index >= 15 is 0 Å². The van der Waals surface area contributed by atoms with Crippen molar-refractivity contribution < 1.29 is 4.39 Å². The van der Waals surface area contributed by atoms with Crippen LogP contribution in [0.25, 0.3) is 10.9 Å². The van der Waals surface area contributed by atoms with Gasteiger partial charge in [0.1, 0.15) is 5.82 Å². The average Bonchev–Trinajstić information content (AvgIpc) is 2.83. The summed E-state index contributed by atoms with van der Waals surface area (Å²) in [5, 5.41) is 4.30. The van der Waals surface area contributed by atoms with Gasteiger partial charge in [0.2, 0.25) is 0 Å². The van der Waals surface area contributed by atoms with Gasteiger partial charge in [-0.2, -0.15) is 0 Å². The summed E-state index contributed by atoms with van der Waals surface area (Å²) < 4.78 is 14.2. The standard InChI is InChI=1S/C14H17FN2/c15-13-12(9-10-3-6-16-7-4-10)2-1-11-5-8-17-14(11)13/h1-2,5,8,10,16-17H,3-4,6-7,9H2. The minimum absolute atomic E-state index is 0.0639. The Bertz CT molecular complexity index is 512. The molecule has 90 valence electrons. The molecule has 0 bridgehead atoms. The first-order valence-electron chi connectivity index (χ1n) is 6.30. The van der Waals surface area contributed by atoms with Gasteiger partial charge in [-0.1, -0.05) is 12.1 Å². The SMILES string of the molecule is Fc1c(CC2CCNCC2)ccc2cc[nH]c12. The van der Waals surface area contributed by atoms with Gasteiger partial charge in [0, 0.05) is 11.6 Å². The topological polar surface area (TPSA) is 27.8 Å². The molecule has 1 aliphatic rings. The molecule has 0 radical (unpaired) electrons. The molecular weight excluding hydrogens is 215 g/mol. The molecule has 1 fully saturated rings.